The number of rotatable bonds is 10. The van der Waals surface area contributed by atoms with Gasteiger partial charge in [-0.2, -0.15) is 0 Å². The van der Waals surface area contributed by atoms with Crippen molar-refractivity contribution >= 4 is 27.3 Å². The van der Waals surface area contributed by atoms with Crippen molar-refractivity contribution in [3.05, 3.63) is 64.2 Å². The zero-order chi connectivity index (χ0) is 25.7. The van der Waals surface area contributed by atoms with Crippen molar-refractivity contribution in [1.82, 2.24) is 4.72 Å². The Bertz CT molecular complexity index is 1070. The number of anilines is 1. The molecule has 194 valence electrons. The average molecular weight is 521 g/mol. The van der Waals surface area contributed by atoms with Gasteiger partial charge >= 0.3 is 0 Å². The van der Waals surface area contributed by atoms with E-state index in [4.69, 9.17) is 11.6 Å². The number of benzene rings is 2. The molecule has 0 spiro atoms. The van der Waals surface area contributed by atoms with E-state index in [1.165, 1.54) is 11.1 Å². The maximum Gasteiger partial charge on any atom is 0.216 e. The first-order chi connectivity index (χ1) is 16.4. The zero-order valence-electron chi connectivity index (χ0n) is 21.5. The summed E-state index contributed by atoms with van der Waals surface area (Å²) >= 11 is 6.01. The van der Waals surface area contributed by atoms with Crippen LogP contribution in [0.3, 0.4) is 0 Å². The second-order valence-electron chi connectivity index (χ2n) is 10.9. The molecule has 0 bridgehead atoms. The largest absolute Gasteiger partial charge is 0.385 e. The van der Waals surface area contributed by atoms with Crippen LogP contribution >= 0.6 is 11.6 Å². The molecular formula is C28H41ClN2O3S. The van der Waals surface area contributed by atoms with Crippen LogP contribution in [0.25, 0.3) is 0 Å². The Hall–Kier alpha value is -1.60. The van der Waals surface area contributed by atoms with Gasteiger partial charge in [-0.05, 0) is 107 Å². The van der Waals surface area contributed by atoms with Gasteiger partial charge in [0.1, 0.15) is 0 Å². The summed E-state index contributed by atoms with van der Waals surface area (Å²) in [5.74, 6) is 0.465. The molecule has 1 aliphatic rings. The van der Waals surface area contributed by atoms with Gasteiger partial charge in [0.25, 0.3) is 0 Å². The molecule has 0 aliphatic heterocycles. The van der Waals surface area contributed by atoms with Gasteiger partial charge in [-0.3, -0.25) is 0 Å². The number of aryl methyl sites for hydroxylation is 1. The minimum atomic E-state index is -3.26. The second-order valence-corrected chi connectivity index (χ2v) is 13.8. The van der Waals surface area contributed by atoms with Gasteiger partial charge in [0.15, 0.2) is 0 Å². The average Bonchev–Trinajstić information content (AvgIpc) is 2.79. The van der Waals surface area contributed by atoms with E-state index in [1.807, 2.05) is 24.3 Å². The molecule has 0 aromatic heterocycles. The highest BCUT2D eigenvalue weighted by Gasteiger charge is 2.35. The standard InChI is InChI=1S/C28H41ClN2O3S/c1-21-20-23(22-14-16-28(32,17-15-22)24-9-11-25(29)12-10-24)8-13-26(21)30-18-6-5-7-19-31-35(33,34)27(2,3)4/h8-13,20,22,30-32H,5-7,14-19H2,1-4H3. The topological polar surface area (TPSA) is 78.4 Å². The van der Waals surface area contributed by atoms with Gasteiger partial charge in [-0.15, -0.1) is 0 Å². The number of unbranched alkanes of at least 4 members (excludes halogenated alkanes) is 2. The molecule has 1 saturated carbocycles. The molecule has 2 aromatic carbocycles. The van der Waals surface area contributed by atoms with Gasteiger partial charge in [-0.1, -0.05) is 42.3 Å². The van der Waals surface area contributed by atoms with Gasteiger partial charge in [0.2, 0.25) is 10.0 Å². The lowest BCUT2D eigenvalue weighted by Gasteiger charge is -2.37. The molecule has 0 saturated heterocycles. The zero-order valence-corrected chi connectivity index (χ0v) is 23.1. The summed E-state index contributed by atoms with van der Waals surface area (Å²) in [4.78, 5) is 0. The minimum absolute atomic E-state index is 0.465. The fourth-order valence-electron chi connectivity index (χ4n) is 4.69. The summed E-state index contributed by atoms with van der Waals surface area (Å²) in [7, 11) is -3.26. The number of hydrogen-bond donors (Lipinski definition) is 3. The highest BCUT2D eigenvalue weighted by Crippen LogP contribution is 2.43. The highest BCUT2D eigenvalue weighted by molar-refractivity contribution is 7.90. The first-order valence-corrected chi connectivity index (χ1v) is 14.6. The monoisotopic (exact) mass is 520 g/mol. The molecule has 1 fully saturated rings. The van der Waals surface area contributed by atoms with Crippen molar-refractivity contribution in [1.29, 1.82) is 0 Å². The number of aliphatic hydroxyl groups is 1. The lowest BCUT2D eigenvalue weighted by Crippen LogP contribution is -2.39. The van der Waals surface area contributed by atoms with Crippen molar-refractivity contribution in [2.24, 2.45) is 0 Å². The van der Waals surface area contributed by atoms with Crippen molar-refractivity contribution in [3.63, 3.8) is 0 Å². The van der Waals surface area contributed by atoms with Gasteiger partial charge in [0.05, 0.1) is 10.3 Å². The van der Waals surface area contributed by atoms with Crippen molar-refractivity contribution in [2.45, 2.75) is 88.9 Å². The van der Waals surface area contributed by atoms with Crippen LogP contribution in [0.2, 0.25) is 5.02 Å². The second kappa shape index (κ2) is 11.6. The van der Waals surface area contributed by atoms with E-state index in [1.54, 1.807) is 20.8 Å². The molecule has 3 N–H and O–H groups in total. The normalized spacial score (nSPS) is 21.1. The molecule has 5 nitrogen and oxygen atoms in total. The molecule has 7 heteroatoms. The van der Waals surface area contributed by atoms with E-state index in [0.29, 0.717) is 17.5 Å². The first kappa shape index (κ1) is 28.0. The molecule has 1 aliphatic carbocycles. The number of sulfonamides is 1. The molecule has 0 radical (unpaired) electrons. The van der Waals surface area contributed by atoms with Crippen LogP contribution in [-0.4, -0.2) is 31.4 Å². The lowest BCUT2D eigenvalue weighted by molar-refractivity contribution is -0.00566. The summed E-state index contributed by atoms with van der Waals surface area (Å²) in [6, 6.07) is 14.3. The van der Waals surface area contributed by atoms with E-state index in [2.05, 4.69) is 35.2 Å². The van der Waals surface area contributed by atoms with Crippen LogP contribution in [0.15, 0.2) is 42.5 Å². The molecule has 0 atom stereocenters. The number of halogens is 1. The van der Waals surface area contributed by atoms with Gasteiger partial charge in [-0.25, -0.2) is 13.1 Å². The van der Waals surface area contributed by atoms with Crippen LogP contribution in [0, 0.1) is 6.92 Å². The Morgan fingerprint density at radius 1 is 1.00 bits per heavy atom. The Kier molecular flexibility index (Phi) is 9.30. The number of nitrogens with one attached hydrogen (secondary N) is 2. The van der Waals surface area contributed by atoms with E-state index in [0.717, 1.165) is 62.7 Å². The third kappa shape index (κ3) is 7.45. The smallest absolute Gasteiger partial charge is 0.216 e. The van der Waals surface area contributed by atoms with Crippen LogP contribution in [0.4, 0.5) is 5.69 Å². The highest BCUT2D eigenvalue weighted by atomic mass is 35.5. The summed E-state index contributed by atoms with van der Waals surface area (Å²) in [6.45, 7) is 8.62. The van der Waals surface area contributed by atoms with E-state index in [-0.39, 0.29) is 0 Å². The quantitative estimate of drug-likeness (QED) is 0.313. The van der Waals surface area contributed by atoms with E-state index in [9.17, 15) is 13.5 Å². The lowest BCUT2D eigenvalue weighted by atomic mass is 9.73. The summed E-state index contributed by atoms with van der Waals surface area (Å²) in [5, 5.41) is 15.4. The maximum atomic E-state index is 12.1. The molecule has 2 aromatic rings. The third-order valence-corrected chi connectivity index (χ3v) is 9.63. The van der Waals surface area contributed by atoms with Crippen molar-refractivity contribution in [3.8, 4) is 0 Å². The molecular weight excluding hydrogens is 480 g/mol. The Labute approximate surface area is 216 Å². The predicted octanol–water partition coefficient (Wildman–Crippen LogP) is 6.49. The molecule has 0 heterocycles. The first-order valence-electron chi connectivity index (χ1n) is 12.7. The minimum Gasteiger partial charge on any atom is -0.385 e. The summed E-state index contributed by atoms with van der Waals surface area (Å²) in [5.41, 5.74) is 3.93. The fraction of sp³-hybridized carbons (Fsp3) is 0.571. The van der Waals surface area contributed by atoms with Crippen LogP contribution in [0.5, 0.6) is 0 Å². The Morgan fingerprint density at radius 3 is 2.23 bits per heavy atom. The van der Waals surface area contributed by atoms with Gasteiger partial charge in [0, 0.05) is 23.8 Å². The molecule has 0 amide bonds. The number of hydrogen-bond acceptors (Lipinski definition) is 4. The third-order valence-electron chi connectivity index (χ3n) is 7.18. The summed E-state index contributed by atoms with van der Waals surface area (Å²) < 4.78 is 26.1. The predicted molar refractivity (Wildman–Crippen MR) is 147 cm³/mol. The summed E-state index contributed by atoms with van der Waals surface area (Å²) in [6.07, 6.45) is 6.22. The Morgan fingerprint density at radius 2 is 1.63 bits per heavy atom. The molecule has 0 unspecified atom stereocenters. The molecule has 3 rings (SSSR count). The van der Waals surface area contributed by atoms with Crippen LogP contribution in [0.1, 0.15) is 88.3 Å². The van der Waals surface area contributed by atoms with Crippen molar-refractivity contribution < 1.29 is 13.5 Å². The van der Waals surface area contributed by atoms with Crippen LogP contribution in [-0.2, 0) is 15.6 Å². The SMILES string of the molecule is Cc1cc(C2CCC(O)(c3ccc(Cl)cc3)CC2)ccc1NCCCCCNS(=O)(=O)C(C)(C)C. The van der Waals surface area contributed by atoms with E-state index >= 15 is 0 Å². The van der Waals surface area contributed by atoms with E-state index < -0.39 is 20.4 Å². The fourth-order valence-corrected chi connectivity index (χ4v) is 5.66. The maximum absolute atomic E-state index is 12.1. The van der Waals surface area contributed by atoms with Gasteiger partial charge < -0.3 is 10.4 Å². The molecule has 35 heavy (non-hydrogen) atoms. The van der Waals surface area contributed by atoms with Crippen molar-refractivity contribution in [2.75, 3.05) is 18.4 Å². The van der Waals surface area contributed by atoms with Crippen LogP contribution < -0.4 is 10.0 Å². The Balaban J connectivity index is 1.42.